The number of carbonyl (C=O) groups excluding carboxylic acids is 2. The Labute approximate surface area is 195 Å². The lowest BCUT2D eigenvalue weighted by molar-refractivity contribution is 0.0535. The standard InChI is InChI=1S/C23H23Cl2N3O2S/c1-15-10-21(16(2)28(15)14-20-4-3-9-31-20)23(30)27-7-5-26(6-8-27)22(29)17-11-18(24)13-19(25)12-17/h3-4,9-13H,5-8,14H2,1-2H3. The molecule has 5 nitrogen and oxygen atoms in total. The molecule has 1 aromatic carbocycles. The molecule has 4 rings (SSSR count). The molecule has 0 radical (unpaired) electrons. The van der Waals surface area contributed by atoms with E-state index in [1.807, 2.05) is 30.9 Å². The Kier molecular flexibility index (Phi) is 6.42. The number of thiophene rings is 1. The van der Waals surface area contributed by atoms with Crippen LogP contribution in [0, 0.1) is 13.8 Å². The van der Waals surface area contributed by atoms with Crippen LogP contribution in [0.5, 0.6) is 0 Å². The van der Waals surface area contributed by atoms with Gasteiger partial charge in [-0.25, -0.2) is 0 Å². The van der Waals surface area contributed by atoms with Gasteiger partial charge >= 0.3 is 0 Å². The Balaban J connectivity index is 1.43. The lowest BCUT2D eigenvalue weighted by atomic mass is 10.1. The molecular weight excluding hydrogens is 453 g/mol. The van der Waals surface area contributed by atoms with Crippen molar-refractivity contribution in [3.8, 4) is 0 Å². The van der Waals surface area contributed by atoms with E-state index >= 15 is 0 Å². The monoisotopic (exact) mass is 475 g/mol. The minimum absolute atomic E-state index is 0.0171. The molecule has 1 saturated heterocycles. The van der Waals surface area contributed by atoms with Crippen molar-refractivity contribution in [3.05, 3.63) is 79.2 Å². The molecule has 0 aliphatic carbocycles. The fourth-order valence-corrected chi connectivity index (χ4v) is 5.18. The first kappa shape index (κ1) is 21.9. The van der Waals surface area contributed by atoms with E-state index in [1.54, 1.807) is 34.4 Å². The topological polar surface area (TPSA) is 45.6 Å². The molecule has 1 aliphatic rings. The van der Waals surface area contributed by atoms with Gasteiger partial charge in [-0.1, -0.05) is 29.3 Å². The summed E-state index contributed by atoms with van der Waals surface area (Å²) in [6.45, 7) is 6.74. The first-order chi connectivity index (χ1) is 14.8. The average Bonchev–Trinajstić information content (AvgIpc) is 3.36. The number of nitrogens with zero attached hydrogens (tertiary/aromatic N) is 3. The van der Waals surface area contributed by atoms with Crippen molar-refractivity contribution in [2.45, 2.75) is 20.4 Å². The SMILES string of the molecule is Cc1cc(C(=O)N2CCN(C(=O)c3cc(Cl)cc(Cl)c3)CC2)c(C)n1Cc1cccs1. The van der Waals surface area contributed by atoms with Gasteiger partial charge in [-0.2, -0.15) is 0 Å². The molecule has 0 N–H and O–H groups in total. The lowest BCUT2D eigenvalue weighted by Crippen LogP contribution is -2.50. The normalized spacial score (nSPS) is 14.2. The summed E-state index contributed by atoms with van der Waals surface area (Å²) >= 11 is 13.8. The summed E-state index contributed by atoms with van der Waals surface area (Å²) in [6.07, 6.45) is 0. The molecule has 3 aromatic rings. The van der Waals surface area contributed by atoms with Crippen LogP contribution in [0.2, 0.25) is 10.0 Å². The fourth-order valence-electron chi connectivity index (χ4n) is 3.96. The van der Waals surface area contributed by atoms with Crippen LogP contribution in [0.25, 0.3) is 0 Å². The lowest BCUT2D eigenvalue weighted by Gasteiger charge is -2.35. The van der Waals surface area contributed by atoms with Crippen LogP contribution >= 0.6 is 34.5 Å². The first-order valence-electron chi connectivity index (χ1n) is 10.1. The van der Waals surface area contributed by atoms with Crippen molar-refractivity contribution in [2.75, 3.05) is 26.2 Å². The van der Waals surface area contributed by atoms with Crippen LogP contribution < -0.4 is 0 Å². The van der Waals surface area contributed by atoms with E-state index in [2.05, 4.69) is 16.0 Å². The molecule has 0 bridgehead atoms. The number of halogens is 2. The van der Waals surface area contributed by atoms with E-state index in [4.69, 9.17) is 23.2 Å². The summed E-state index contributed by atoms with van der Waals surface area (Å²) < 4.78 is 2.18. The first-order valence-corrected chi connectivity index (χ1v) is 11.7. The summed E-state index contributed by atoms with van der Waals surface area (Å²) in [5, 5.41) is 2.93. The number of aromatic nitrogens is 1. The smallest absolute Gasteiger partial charge is 0.255 e. The number of hydrogen-bond donors (Lipinski definition) is 0. The quantitative estimate of drug-likeness (QED) is 0.525. The number of rotatable bonds is 4. The Morgan fingerprint density at radius 1 is 0.935 bits per heavy atom. The van der Waals surface area contributed by atoms with E-state index in [0.29, 0.717) is 41.8 Å². The molecule has 0 atom stereocenters. The molecule has 2 amide bonds. The Hall–Kier alpha value is -2.28. The maximum absolute atomic E-state index is 13.2. The third-order valence-corrected chi connectivity index (χ3v) is 6.96. The molecule has 2 aromatic heterocycles. The highest BCUT2D eigenvalue weighted by molar-refractivity contribution is 7.09. The van der Waals surface area contributed by atoms with Crippen molar-refractivity contribution >= 4 is 46.4 Å². The third kappa shape index (κ3) is 4.66. The molecule has 0 unspecified atom stereocenters. The predicted molar refractivity (Wildman–Crippen MR) is 126 cm³/mol. The molecule has 1 fully saturated rings. The molecule has 3 heterocycles. The van der Waals surface area contributed by atoms with Crippen molar-refractivity contribution in [3.63, 3.8) is 0 Å². The van der Waals surface area contributed by atoms with Crippen molar-refractivity contribution in [1.29, 1.82) is 0 Å². The number of benzene rings is 1. The summed E-state index contributed by atoms with van der Waals surface area (Å²) in [5.41, 5.74) is 3.24. The van der Waals surface area contributed by atoms with Crippen LogP contribution in [0.4, 0.5) is 0 Å². The highest BCUT2D eigenvalue weighted by Gasteiger charge is 2.27. The zero-order valence-electron chi connectivity index (χ0n) is 17.4. The number of carbonyl (C=O) groups is 2. The van der Waals surface area contributed by atoms with E-state index < -0.39 is 0 Å². The van der Waals surface area contributed by atoms with Crippen LogP contribution in [0.15, 0.2) is 41.8 Å². The maximum Gasteiger partial charge on any atom is 0.255 e. The molecule has 31 heavy (non-hydrogen) atoms. The van der Waals surface area contributed by atoms with Crippen LogP contribution in [0.3, 0.4) is 0 Å². The molecule has 0 saturated carbocycles. The second-order valence-electron chi connectivity index (χ2n) is 7.69. The largest absolute Gasteiger partial charge is 0.343 e. The van der Waals surface area contributed by atoms with Gasteiger partial charge in [0.2, 0.25) is 0 Å². The van der Waals surface area contributed by atoms with E-state index in [9.17, 15) is 9.59 Å². The second kappa shape index (κ2) is 9.07. The Bertz CT molecular complexity index is 1100. The highest BCUT2D eigenvalue weighted by atomic mass is 35.5. The minimum Gasteiger partial charge on any atom is -0.343 e. The zero-order chi connectivity index (χ0) is 22.1. The van der Waals surface area contributed by atoms with Gasteiger partial charge in [0.05, 0.1) is 12.1 Å². The summed E-state index contributed by atoms with van der Waals surface area (Å²) in [6, 6.07) is 11.0. The van der Waals surface area contributed by atoms with Crippen LogP contribution in [-0.2, 0) is 6.54 Å². The summed E-state index contributed by atoms with van der Waals surface area (Å²) in [4.78, 5) is 30.8. The maximum atomic E-state index is 13.2. The van der Waals surface area contributed by atoms with Gasteiger partial charge < -0.3 is 14.4 Å². The van der Waals surface area contributed by atoms with Crippen molar-refractivity contribution in [2.24, 2.45) is 0 Å². The van der Waals surface area contributed by atoms with Gasteiger partial charge in [-0.05, 0) is 49.6 Å². The Morgan fingerprint density at radius 2 is 1.55 bits per heavy atom. The van der Waals surface area contributed by atoms with Gasteiger partial charge in [0.15, 0.2) is 0 Å². The molecular formula is C23H23Cl2N3O2S. The molecule has 0 spiro atoms. The molecule has 1 aliphatic heterocycles. The van der Waals surface area contributed by atoms with Gasteiger partial charge in [0, 0.05) is 58.1 Å². The number of amides is 2. The highest BCUT2D eigenvalue weighted by Crippen LogP contribution is 2.23. The van der Waals surface area contributed by atoms with Gasteiger partial charge in [-0.15, -0.1) is 11.3 Å². The van der Waals surface area contributed by atoms with Crippen molar-refractivity contribution < 1.29 is 9.59 Å². The minimum atomic E-state index is -0.120. The van der Waals surface area contributed by atoms with E-state index in [0.717, 1.165) is 23.5 Å². The predicted octanol–water partition coefficient (Wildman–Crippen LogP) is 5.12. The zero-order valence-corrected chi connectivity index (χ0v) is 19.7. The fraction of sp³-hybridized carbons (Fsp3) is 0.304. The third-order valence-electron chi connectivity index (χ3n) is 5.66. The van der Waals surface area contributed by atoms with Gasteiger partial charge in [0.25, 0.3) is 11.8 Å². The summed E-state index contributed by atoms with van der Waals surface area (Å²) in [5.74, 6) is -0.103. The van der Waals surface area contributed by atoms with E-state index in [-0.39, 0.29) is 11.8 Å². The van der Waals surface area contributed by atoms with Crippen LogP contribution in [0.1, 0.15) is 37.0 Å². The Morgan fingerprint density at radius 3 is 2.13 bits per heavy atom. The number of hydrogen-bond acceptors (Lipinski definition) is 3. The second-order valence-corrected chi connectivity index (χ2v) is 9.60. The van der Waals surface area contributed by atoms with Gasteiger partial charge in [0.1, 0.15) is 0 Å². The number of aryl methyl sites for hydroxylation is 1. The van der Waals surface area contributed by atoms with Gasteiger partial charge in [-0.3, -0.25) is 9.59 Å². The van der Waals surface area contributed by atoms with Crippen LogP contribution in [-0.4, -0.2) is 52.4 Å². The molecule has 162 valence electrons. The molecule has 8 heteroatoms. The van der Waals surface area contributed by atoms with Crippen molar-refractivity contribution in [1.82, 2.24) is 14.4 Å². The number of piperazine rings is 1. The van der Waals surface area contributed by atoms with E-state index in [1.165, 1.54) is 4.88 Å². The average molecular weight is 476 g/mol. The summed E-state index contributed by atoms with van der Waals surface area (Å²) in [7, 11) is 0.